The fraction of sp³-hybridized carbons (Fsp3) is 0.588. The largest absolute Gasteiger partial charge is 0.355 e. The minimum atomic E-state index is 0. The number of likely N-dealkylation sites (N-methyl/N-ethyl adjacent to an activating group) is 1. The van der Waals surface area contributed by atoms with Gasteiger partial charge in [0.15, 0.2) is 0 Å². The van der Waals surface area contributed by atoms with Gasteiger partial charge in [0.05, 0.1) is 11.3 Å². The fourth-order valence-electron chi connectivity index (χ4n) is 3.23. The molecule has 1 saturated heterocycles. The van der Waals surface area contributed by atoms with Gasteiger partial charge in [-0.2, -0.15) is 0 Å². The van der Waals surface area contributed by atoms with Crippen LogP contribution in [-0.4, -0.2) is 48.1 Å². The van der Waals surface area contributed by atoms with Crippen molar-refractivity contribution in [2.24, 2.45) is 5.92 Å². The van der Waals surface area contributed by atoms with Crippen molar-refractivity contribution >= 4 is 45.7 Å². The summed E-state index contributed by atoms with van der Waals surface area (Å²) in [6.45, 7) is 7.42. The van der Waals surface area contributed by atoms with Crippen molar-refractivity contribution in [2.75, 3.05) is 31.1 Å². The zero-order valence-electron chi connectivity index (χ0n) is 14.7. The number of carbonyl (C=O) groups is 1. The number of rotatable bonds is 6. The molecule has 8 heteroatoms. The number of nitrogens with zero attached hydrogens (tertiary/aromatic N) is 3. The molecule has 2 aromatic rings. The number of halogens is 1. The molecule has 0 bridgehead atoms. The molecule has 0 aromatic carbocycles. The minimum Gasteiger partial charge on any atom is -0.355 e. The summed E-state index contributed by atoms with van der Waals surface area (Å²) in [5.74, 6) is 1.14. The maximum absolute atomic E-state index is 12.5. The van der Waals surface area contributed by atoms with Gasteiger partial charge in [0, 0.05) is 25.7 Å². The Kier molecular flexibility index (Phi) is 7.40. The first-order valence-electron chi connectivity index (χ1n) is 8.63. The summed E-state index contributed by atoms with van der Waals surface area (Å²) >= 11 is 1.62. The second kappa shape index (κ2) is 9.31. The van der Waals surface area contributed by atoms with Gasteiger partial charge in [0.1, 0.15) is 17.0 Å². The second-order valence-corrected chi connectivity index (χ2v) is 7.22. The molecule has 1 unspecified atom stereocenters. The van der Waals surface area contributed by atoms with Gasteiger partial charge >= 0.3 is 0 Å². The van der Waals surface area contributed by atoms with Crippen LogP contribution in [0.2, 0.25) is 0 Å². The number of anilines is 1. The van der Waals surface area contributed by atoms with Gasteiger partial charge in [-0.05, 0) is 37.8 Å². The number of carbonyl (C=O) groups excluding carboxylic acids is 1. The molecule has 2 N–H and O–H groups in total. The molecule has 1 aliphatic rings. The highest BCUT2D eigenvalue weighted by Crippen LogP contribution is 2.29. The van der Waals surface area contributed by atoms with E-state index in [4.69, 9.17) is 0 Å². The van der Waals surface area contributed by atoms with Crippen LogP contribution in [0.15, 0.2) is 17.8 Å². The van der Waals surface area contributed by atoms with Crippen LogP contribution in [-0.2, 0) is 4.79 Å². The Labute approximate surface area is 158 Å². The number of hydrogen-bond donors (Lipinski definition) is 2. The van der Waals surface area contributed by atoms with Crippen molar-refractivity contribution in [1.29, 1.82) is 0 Å². The summed E-state index contributed by atoms with van der Waals surface area (Å²) in [6, 6.07) is 2.36. The normalized spacial score (nSPS) is 18.6. The predicted octanol–water partition coefficient (Wildman–Crippen LogP) is 2.44. The summed E-state index contributed by atoms with van der Waals surface area (Å²) in [7, 11) is 0. The van der Waals surface area contributed by atoms with E-state index in [1.807, 2.05) is 5.38 Å². The number of hydrogen-bond acceptors (Lipinski definition) is 6. The number of aromatic nitrogens is 2. The Hall–Kier alpha value is -1.44. The molecule has 0 saturated carbocycles. The molecule has 1 fully saturated rings. The second-order valence-electron chi connectivity index (χ2n) is 6.33. The zero-order valence-corrected chi connectivity index (χ0v) is 16.3. The van der Waals surface area contributed by atoms with Crippen LogP contribution in [0.1, 0.15) is 26.7 Å². The summed E-state index contributed by atoms with van der Waals surface area (Å²) in [4.78, 5) is 24.5. The number of piperidine rings is 1. The van der Waals surface area contributed by atoms with Crippen LogP contribution in [0.3, 0.4) is 0 Å². The number of thiophene rings is 1. The molecule has 1 amide bonds. The van der Waals surface area contributed by atoms with E-state index < -0.39 is 0 Å². The van der Waals surface area contributed by atoms with Gasteiger partial charge in [-0.1, -0.05) is 6.92 Å². The Morgan fingerprint density at radius 3 is 3.12 bits per heavy atom. The van der Waals surface area contributed by atoms with Crippen molar-refractivity contribution in [3.63, 3.8) is 0 Å². The first kappa shape index (κ1) is 19.9. The van der Waals surface area contributed by atoms with Crippen molar-refractivity contribution in [3.05, 3.63) is 17.8 Å². The number of nitrogens with one attached hydrogen (secondary N) is 2. The molecule has 2 aromatic heterocycles. The quantitative estimate of drug-likeness (QED) is 0.801. The third-order valence-electron chi connectivity index (χ3n) is 4.47. The Morgan fingerprint density at radius 2 is 2.32 bits per heavy atom. The van der Waals surface area contributed by atoms with Gasteiger partial charge in [-0.15, -0.1) is 23.7 Å². The van der Waals surface area contributed by atoms with Gasteiger partial charge in [0.2, 0.25) is 5.91 Å². The van der Waals surface area contributed by atoms with Crippen LogP contribution < -0.4 is 15.5 Å². The van der Waals surface area contributed by atoms with Crippen molar-refractivity contribution in [1.82, 2.24) is 20.6 Å². The van der Waals surface area contributed by atoms with E-state index in [0.717, 1.165) is 48.5 Å². The number of fused-ring (bicyclic) bond motifs is 1. The number of amides is 1. The molecule has 0 spiro atoms. The topological polar surface area (TPSA) is 70.2 Å². The summed E-state index contributed by atoms with van der Waals surface area (Å²) in [5.41, 5.74) is 0. The monoisotopic (exact) mass is 383 g/mol. The van der Waals surface area contributed by atoms with E-state index in [2.05, 4.69) is 45.4 Å². The van der Waals surface area contributed by atoms with Crippen molar-refractivity contribution < 1.29 is 4.79 Å². The molecule has 25 heavy (non-hydrogen) atoms. The van der Waals surface area contributed by atoms with Crippen molar-refractivity contribution in [3.8, 4) is 0 Å². The molecule has 138 valence electrons. The molecule has 0 radical (unpaired) electrons. The summed E-state index contributed by atoms with van der Waals surface area (Å²) < 4.78 is 0. The van der Waals surface area contributed by atoms with Crippen LogP contribution in [0.4, 0.5) is 5.82 Å². The molecule has 1 aliphatic heterocycles. The van der Waals surface area contributed by atoms with E-state index in [9.17, 15) is 4.79 Å². The Morgan fingerprint density at radius 1 is 1.48 bits per heavy atom. The third-order valence-corrected chi connectivity index (χ3v) is 5.29. The standard InChI is InChI=1S/C17H25N5OS.ClH/c1-3-18-12(2)9-19-16(23)13-5-4-7-22(10-13)15-14-6-8-24-17(14)21-11-20-15;/h6,8,11-13,18H,3-5,7,9-10H2,1-2H3,(H,19,23);1H/t12-,13?;/m1./s1. The molecular weight excluding hydrogens is 358 g/mol. The molecule has 3 rings (SSSR count). The first-order chi connectivity index (χ1) is 11.7. The average Bonchev–Trinajstić information content (AvgIpc) is 3.08. The Bertz CT molecular complexity index is 694. The zero-order chi connectivity index (χ0) is 16.9. The van der Waals surface area contributed by atoms with Gasteiger partial charge < -0.3 is 15.5 Å². The molecular formula is C17H26ClN5OS. The average molecular weight is 384 g/mol. The molecule has 0 aliphatic carbocycles. The predicted molar refractivity (Wildman–Crippen MR) is 106 cm³/mol. The van der Waals surface area contributed by atoms with E-state index in [1.165, 1.54) is 0 Å². The lowest BCUT2D eigenvalue weighted by molar-refractivity contribution is -0.125. The first-order valence-corrected chi connectivity index (χ1v) is 9.51. The SMILES string of the molecule is CCN[C@H](C)CNC(=O)C1CCCN(c2ncnc3sccc23)C1.Cl. The third kappa shape index (κ3) is 4.80. The van der Waals surface area contributed by atoms with E-state index in [1.54, 1.807) is 17.7 Å². The lowest BCUT2D eigenvalue weighted by Crippen LogP contribution is -2.46. The highest BCUT2D eigenvalue weighted by atomic mass is 35.5. The van der Waals surface area contributed by atoms with Crippen molar-refractivity contribution in [2.45, 2.75) is 32.7 Å². The summed E-state index contributed by atoms with van der Waals surface area (Å²) in [6.07, 6.45) is 3.57. The van der Waals surface area contributed by atoms with Crippen LogP contribution >= 0.6 is 23.7 Å². The lowest BCUT2D eigenvalue weighted by atomic mass is 9.97. The van der Waals surface area contributed by atoms with E-state index in [0.29, 0.717) is 12.6 Å². The molecule has 2 atom stereocenters. The molecule has 6 nitrogen and oxygen atoms in total. The van der Waals surface area contributed by atoms with E-state index in [-0.39, 0.29) is 24.2 Å². The lowest BCUT2D eigenvalue weighted by Gasteiger charge is -2.33. The fourth-order valence-corrected chi connectivity index (χ4v) is 3.96. The highest BCUT2D eigenvalue weighted by Gasteiger charge is 2.27. The highest BCUT2D eigenvalue weighted by molar-refractivity contribution is 7.16. The molecule has 3 heterocycles. The van der Waals surface area contributed by atoms with Crippen LogP contribution in [0, 0.1) is 5.92 Å². The summed E-state index contributed by atoms with van der Waals surface area (Å²) in [5, 5.41) is 9.53. The van der Waals surface area contributed by atoms with Crippen LogP contribution in [0.25, 0.3) is 10.2 Å². The van der Waals surface area contributed by atoms with Crippen LogP contribution in [0.5, 0.6) is 0 Å². The minimum absolute atomic E-state index is 0. The van der Waals surface area contributed by atoms with E-state index >= 15 is 0 Å². The van der Waals surface area contributed by atoms with Gasteiger partial charge in [-0.3, -0.25) is 4.79 Å². The van der Waals surface area contributed by atoms with Gasteiger partial charge in [0.25, 0.3) is 0 Å². The maximum Gasteiger partial charge on any atom is 0.224 e. The van der Waals surface area contributed by atoms with Gasteiger partial charge in [-0.25, -0.2) is 9.97 Å². The maximum atomic E-state index is 12.5. The Balaban J connectivity index is 0.00000225. The smallest absolute Gasteiger partial charge is 0.224 e.